The van der Waals surface area contributed by atoms with Gasteiger partial charge in [0.05, 0.1) is 11.9 Å². The minimum atomic E-state index is -3.84. The topological polar surface area (TPSA) is 86.8 Å². The summed E-state index contributed by atoms with van der Waals surface area (Å²) >= 11 is 5.90. The van der Waals surface area contributed by atoms with E-state index in [0.717, 1.165) is 23.4 Å². The molecule has 0 saturated heterocycles. The molecule has 0 saturated carbocycles. The quantitative estimate of drug-likeness (QED) is 0.481. The van der Waals surface area contributed by atoms with Crippen LogP contribution in [0.25, 0.3) is 0 Å². The SMILES string of the molecule is CCCCNC(=O)[C@H](C)N(Cc1ccccc1F)C(=O)CN(c1ccc(Cl)cc1)S(C)(=O)=O. The molecule has 10 heteroatoms. The predicted molar refractivity (Wildman–Crippen MR) is 128 cm³/mol. The number of sulfonamides is 1. The second kappa shape index (κ2) is 12.0. The van der Waals surface area contributed by atoms with E-state index in [0.29, 0.717) is 11.6 Å². The maximum absolute atomic E-state index is 14.3. The first-order valence-electron chi connectivity index (χ1n) is 10.6. The van der Waals surface area contributed by atoms with E-state index in [4.69, 9.17) is 11.6 Å². The molecule has 2 aromatic carbocycles. The molecule has 0 heterocycles. The van der Waals surface area contributed by atoms with Crippen molar-refractivity contribution in [1.82, 2.24) is 10.2 Å². The third-order valence-corrected chi connectivity index (χ3v) is 6.48. The van der Waals surface area contributed by atoms with Crippen LogP contribution in [-0.2, 0) is 26.2 Å². The van der Waals surface area contributed by atoms with Gasteiger partial charge in [0.2, 0.25) is 21.8 Å². The fourth-order valence-corrected chi connectivity index (χ4v) is 4.13. The van der Waals surface area contributed by atoms with Crippen molar-refractivity contribution < 1.29 is 22.4 Å². The Morgan fingerprint density at radius 3 is 2.33 bits per heavy atom. The molecular weight excluding hydrogens is 469 g/mol. The van der Waals surface area contributed by atoms with Gasteiger partial charge in [-0.15, -0.1) is 0 Å². The Morgan fingerprint density at radius 1 is 1.12 bits per heavy atom. The number of nitrogens with one attached hydrogen (secondary N) is 1. The van der Waals surface area contributed by atoms with Gasteiger partial charge in [0, 0.05) is 23.7 Å². The van der Waals surface area contributed by atoms with Crippen molar-refractivity contribution in [2.45, 2.75) is 39.3 Å². The van der Waals surface area contributed by atoms with Crippen molar-refractivity contribution in [3.63, 3.8) is 0 Å². The lowest BCUT2D eigenvalue weighted by atomic mass is 10.1. The third-order valence-electron chi connectivity index (χ3n) is 5.09. The minimum absolute atomic E-state index is 0.188. The highest BCUT2D eigenvalue weighted by molar-refractivity contribution is 7.92. The van der Waals surface area contributed by atoms with Crippen LogP contribution < -0.4 is 9.62 Å². The zero-order valence-corrected chi connectivity index (χ0v) is 20.5. The number of rotatable bonds is 11. The number of carbonyl (C=O) groups excluding carboxylic acids is 2. The van der Waals surface area contributed by atoms with Crippen LogP contribution in [0.4, 0.5) is 10.1 Å². The summed E-state index contributed by atoms with van der Waals surface area (Å²) in [6.45, 7) is 3.22. The molecule has 0 spiro atoms. The summed E-state index contributed by atoms with van der Waals surface area (Å²) < 4.78 is 40.2. The molecule has 7 nitrogen and oxygen atoms in total. The zero-order valence-electron chi connectivity index (χ0n) is 18.9. The molecule has 0 unspecified atom stereocenters. The van der Waals surface area contributed by atoms with E-state index < -0.39 is 40.2 Å². The maximum atomic E-state index is 14.3. The van der Waals surface area contributed by atoms with Crippen LogP contribution in [0, 0.1) is 5.82 Å². The summed E-state index contributed by atoms with van der Waals surface area (Å²) in [4.78, 5) is 27.2. The monoisotopic (exact) mass is 497 g/mol. The Morgan fingerprint density at radius 2 is 1.76 bits per heavy atom. The molecule has 0 bridgehead atoms. The van der Waals surface area contributed by atoms with Gasteiger partial charge in [-0.25, -0.2) is 12.8 Å². The van der Waals surface area contributed by atoms with Gasteiger partial charge in [0.1, 0.15) is 18.4 Å². The van der Waals surface area contributed by atoms with E-state index in [1.165, 1.54) is 54.3 Å². The Balaban J connectivity index is 2.35. The molecule has 0 fully saturated rings. The summed E-state index contributed by atoms with van der Waals surface area (Å²) in [6, 6.07) is 11.0. The lowest BCUT2D eigenvalue weighted by Crippen LogP contribution is -2.51. The first kappa shape index (κ1) is 26.6. The molecule has 1 atom stereocenters. The summed E-state index contributed by atoms with van der Waals surface area (Å²) in [5.41, 5.74) is 0.470. The average molecular weight is 498 g/mol. The van der Waals surface area contributed by atoms with Gasteiger partial charge < -0.3 is 10.2 Å². The minimum Gasteiger partial charge on any atom is -0.354 e. The highest BCUT2D eigenvalue weighted by Gasteiger charge is 2.30. The maximum Gasteiger partial charge on any atom is 0.244 e. The molecule has 2 rings (SSSR count). The van der Waals surface area contributed by atoms with Gasteiger partial charge in [-0.05, 0) is 43.7 Å². The van der Waals surface area contributed by atoms with E-state index in [1.54, 1.807) is 6.07 Å². The Labute approximate surface area is 199 Å². The molecule has 180 valence electrons. The highest BCUT2D eigenvalue weighted by Crippen LogP contribution is 2.21. The van der Waals surface area contributed by atoms with Crippen LogP contribution in [0.15, 0.2) is 48.5 Å². The number of anilines is 1. The number of amides is 2. The van der Waals surface area contributed by atoms with Crippen molar-refractivity contribution in [1.29, 1.82) is 0 Å². The Bertz CT molecular complexity index is 1060. The lowest BCUT2D eigenvalue weighted by molar-refractivity contribution is -0.139. The van der Waals surface area contributed by atoms with E-state index in [1.807, 2.05) is 6.92 Å². The van der Waals surface area contributed by atoms with Gasteiger partial charge in [-0.1, -0.05) is 43.1 Å². The molecule has 0 aromatic heterocycles. The third kappa shape index (κ3) is 7.71. The number of benzene rings is 2. The molecule has 0 aliphatic rings. The van der Waals surface area contributed by atoms with Crippen molar-refractivity contribution >= 4 is 39.1 Å². The highest BCUT2D eigenvalue weighted by atomic mass is 35.5. The van der Waals surface area contributed by atoms with E-state index >= 15 is 0 Å². The Hall–Kier alpha value is -2.65. The van der Waals surface area contributed by atoms with E-state index in [2.05, 4.69) is 5.32 Å². The van der Waals surface area contributed by atoms with E-state index in [9.17, 15) is 22.4 Å². The second-order valence-electron chi connectivity index (χ2n) is 7.68. The summed E-state index contributed by atoms with van der Waals surface area (Å²) in [5, 5.41) is 3.18. The van der Waals surface area contributed by atoms with Gasteiger partial charge in [-0.3, -0.25) is 13.9 Å². The van der Waals surface area contributed by atoms with E-state index in [-0.39, 0.29) is 17.8 Å². The summed E-state index contributed by atoms with van der Waals surface area (Å²) in [6.07, 6.45) is 2.64. The molecule has 0 aliphatic heterocycles. The lowest BCUT2D eigenvalue weighted by Gasteiger charge is -2.31. The van der Waals surface area contributed by atoms with Gasteiger partial charge in [-0.2, -0.15) is 0 Å². The Kier molecular flexibility index (Phi) is 9.67. The number of carbonyl (C=O) groups is 2. The van der Waals surface area contributed by atoms with Gasteiger partial charge >= 0.3 is 0 Å². The number of hydrogen-bond acceptors (Lipinski definition) is 4. The zero-order chi connectivity index (χ0) is 24.6. The fraction of sp³-hybridized carbons (Fsp3) is 0.391. The first-order chi connectivity index (χ1) is 15.5. The van der Waals surface area contributed by atoms with Crippen molar-refractivity contribution in [2.75, 3.05) is 23.7 Å². The largest absolute Gasteiger partial charge is 0.354 e. The molecular formula is C23H29ClFN3O4S. The summed E-state index contributed by atoms with van der Waals surface area (Å²) in [7, 11) is -3.84. The molecule has 0 aliphatic carbocycles. The van der Waals surface area contributed by atoms with Crippen LogP contribution in [-0.4, -0.2) is 50.5 Å². The van der Waals surface area contributed by atoms with Crippen LogP contribution in [0.2, 0.25) is 5.02 Å². The molecule has 0 radical (unpaired) electrons. The van der Waals surface area contributed by atoms with Crippen molar-refractivity contribution in [2.24, 2.45) is 0 Å². The van der Waals surface area contributed by atoms with Crippen LogP contribution in [0.3, 0.4) is 0 Å². The number of halogens is 2. The first-order valence-corrected chi connectivity index (χ1v) is 12.8. The fourth-order valence-electron chi connectivity index (χ4n) is 3.15. The van der Waals surface area contributed by atoms with Crippen LogP contribution in [0.1, 0.15) is 32.3 Å². The normalized spacial score (nSPS) is 12.2. The standard InChI is InChI=1S/C23H29ClFN3O4S/c1-4-5-14-26-23(30)17(2)27(15-18-8-6-7-9-21(18)25)22(29)16-28(33(3,31)32)20-12-10-19(24)11-13-20/h6-13,17H,4-5,14-16H2,1-3H3,(H,26,30)/t17-/m0/s1. The molecule has 1 N–H and O–H groups in total. The smallest absolute Gasteiger partial charge is 0.244 e. The van der Waals surface area contributed by atoms with Gasteiger partial charge in [0.15, 0.2) is 0 Å². The van der Waals surface area contributed by atoms with Crippen LogP contribution in [0.5, 0.6) is 0 Å². The van der Waals surface area contributed by atoms with Crippen LogP contribution >= 0.6 is 11.6 Å². The number of nitrogens with zero attached hydrogens (tertiary/aromatic N) is 2. The number of unbranched alkanes of at least 4 members (excludes halogenated alkanes) is 1. The number of hydrogen-bond donors (Lipinski definition) is 1. The average Bonchev–Trinajstić information content (AvgIpc) is 2.76. The molecule has 2 aromatic rings. The molecule has 33 heavy (non-hydrogen) atoms. The van der Waals surface area contributed by atoms with Crippen molar-refractivity contribution in [3.8, 4) is 0 Å². The molecule has 2 amide bonds. The predicted octanol–water partition coefficient (Wildman–Crippen LogP) is 3.58. The van der Waals surface area contributed by atoms with Crippen molar-refractivity contribution in [3.05, 3.63) is 64.9 Å². The second-order valence-corrected chi connectivity index (χ2v) is 10.0. The summed E-state index contributed by atoms with van der Waals surface area (Å²) in [5.74, 6) is -1.56. The van der Waals surface area contributed by atoms with Gasteiger partial charge in [0.25, 0.3) is 0 Å².